The van der Waals surface area contributed by atoms with E-state index in [2.05, 4.69) is 15.5 Å². The molecule has 0 saturated heterocycles. The fourth-order valence-electron chi connectivity index (χ4n) is 1.63. The molecule has 0 fully saturated rings. The SMILES string of the molecule is Cn1cnnc1CNCC(O)c1ccc(F)c(F)c1. The van der Waals surface area contributed by atoms with Crippen molar-refractivity contribution < 1.29 is 13.9 Å². The Hall–Kier alpha value is -1.86. The highest BCUT2D eigenvalue weighted by atomic mass is 19.2. The number of aliphatic hydroxyl groups excluding tert-OH is 1. The van der Waals surface area contributed by atoms with Crippen LogP contribution >= 0.6 is 0 Å². The number of hydrogen-bond acceptors (Lipinski definition) is 4. The lowest BCUT2D eigenvalue weighted by Gasteiger charge is -2.12. The van der Waals surface area contributed by atoms with Crippen molar-refractivity contribution in [1.29, 1.82) is 0 Å². The summed E-state index contributed by atoms with van der Waals surface area (Å²) in [5, 5.41) is 20.4. The normalized spacial score (nSPS) is 12.6. The molecule has 0 aliphatic carbocycles. The number of nitrogens with one attached hydrogen (secondary N) is 1. The van der Waals surface area contributed by atoms with Crippen LogP contribution in [0.25, 0.3) is 0 Å². The van der Waals surface area contributed by atoms with Gasteiger partial charge < -0.3 is 15.0 Å². The van der Waals surface area contributed by atoms with Crippen LogP contribution in [-0.2, 0) is 13.6 Å². The van der Waals surface area contributed by atoms with Gasteiger partial charge in [-0.05, 0) is 17.7 Å². The molecule has 0 saturated carbocycles. The van der Waals surface area contributed by atoms with Crippen molar-refractivity contribution in [2.24, 2.45) is 7.05 Å². The van der Waals surface area contributed by atoms with E-state index in [1.807, 2.05) is 7.05 Å². The fourth-order valence-corrected chi connectivity index (χ4v) is 1.63. The number of benzene rings is 1. The monoisotopic (exact) mass is 268 g/mol. The van der Waals surface area contributed by atoms with Gasteiger partial charge in [0.15, 0.2) is 11.6 Å². The standard InChI is InChI=1S/C12H14F2N4O/c1-18-7-16-17-12(18)6-15-5-11(19)8-2-3-9(13)10(14)4-8/h2-4,7,11,15,19H,5-6H2,1H3. The van der Waals surface area contributed by atoms with Gasteiger partial charge in [0, 0.05) is 13.6 Å². The Balaban J connectivity index is 1.89. The largest absolute Gasteiger partial charge is 0.387 e. The van der Waals surface area contributed by atoms with Crippen LogP contribution in [0.3, 0.4) is 0 Å². The molecule has 5 nitrogen and oxygen atoms in total. The topological polar surface area (TPSA) is 63.0 Å². The van der Waals surface area contributed by atoms with E-state index < -0.39 is 17.7 Å². The second kappa shape index (κ2) is 5.85. The zero-order valence-corrected chi connectivity index (χ0v) is 10.3. The van der Waals surface area contributed by atoms with Gasteiger partial charge in [-0.1, -0.05) is 6.07 Å². The van der Waals surface area contributed by atoms with Gasteiger partial charge in [0.1, 0.15) is 12.2 Å². The number of nitrogens with zero attached hydrogens (tertiary/aromatic N) is 3. The molecule has 1 aromatic carbocycles. The molecule has 1 aromatic heterocycles. The zero-order chi connectivity index (χ0) is 13.8. The molecule has 2 N–H and O–H groups in total. The Bertz CT molecular complexity index is 558. The third-order valence-corrected chi connectivity index (χ3v) is 2.75. The molecule has 19 heavy (non-hydrogen) atoms. The Morgan fingerprint density at radius 1 is 1.37 bits per heavy atom. The highest BCUT2D eigenvalue weighted by Crippen LogP contribution is 2.15. The molecule has 1 heterocycles. The van der Waals surface area contributed by atoms with Gasteiger partial charge in [-0.3, -0.25) is 0 Å². The molecule has 0 bridgehead atoms. The van der Waals surface area contributed by atoms with Gasteiger partial charge in [-0.15, -0.1) is 10.2 Å². The van der Waals surface area contributed by atoms with E-state index in [0.717, 1.165) is 18.0 Å². The smallest absolute Gasteiger partial charge is 0.159 e. The Kier molecular flexibility index (Phi) is 4.18. The fraction of sp³-hybridized carbons (Fsp3) is 0.333. The lowest BCUT2D eigenvalue weighted by molar-refractivity contribution is 0.173. The highest BCUT2D eigenvalue weighted by Gasteiger charge is 2.11. The molecule has 0 spiro atoms. The maximum Gasteiger partial charge on any atom is 0.159 e. The number of aliphatic hydroxyl groups is 1. The van der Waals surface area contributed by atoms with Crippen LogP contribution in [0.5, 0.6) is 0 Å². The van der Waals surface area contributed by atoms with Gasteiger partial charge in [-0.25, -0.2) is 8.78 Å². The van der Waals surface area contributed by atoms with Crippen molar-refractivity contribution in [2.45, 2.75) is 12.6 Å². The van der Waals surface area contributed by atoms with Crippen LogP contribution < -0.4 is 5.32 Å². The van der Waals surface area contributed by atoms with Crippen molar-refractivity contribution in [3.05, 3.63) is 47.5 Å². The molecule has 102 valence electrons. The second-order valence-electron chi connectivity index (χ2n) is 4.18. The molecule has 0 radical (unpaired) electrons. The first-order valence-corrected chi connectivity index (χ1v) is 5.74. The van der Waals surface area contributed by atoms with E-state index in [4.69, 9.17) is 0 Å². The quantitative estimate of drug-likeness (QED) is 0.846. The first kappa shape index (κ1) is 13.6. The minimum atomic E-state index is -0.968. The number of aromatic nitrogens is 3. The summed E-state index contributed by atoms with van der Waals surface area (Å²) in [6, 6.07) is 3.34. The van der Waals surface area contributed by atoms with Crippen LogP contribution in [0.1, 0.15) is 17.5 Å². The molecule has 0 amide bonds. The van der Waals surface area contributed by atoms with E-state index in [0.29, 0.717) is 12.1 Å². The van der Waals surface area contributed by atoms with Gasteiger partial charge in [0.25, 0.3) is 0 Å². The van der Waals surface area contributed by atoms with Gasteiger partial charge in [0.2, 0.25) is 0 Å². The van der Waals surface area contributed by atoms with Crippen molar-refractivity contribution in [3.8, 4) is 0 Å². The lowest BCUT2D eigenvalue weighted by atomic mass is 10.1. The van der Waals surface area contributed by atoms with Crippen molar-refractivity contribution in [2.75, 3.05) is 6.54 Å². The Morgan fingerprint density at radius 3 is 2.79 bits per heavy atom. The summed E-state index contributed by atoms with van der Waals surface area (Å²) in [6.07, 6.45) is 0.659. The predicted octanol–water partition coefficient (Wildman–Crippen LogP) is 0.916. The maximum absolute atomic E-state index is 13.0. The van der Waals surface area contributed by atoms with E-state index in [1.165, 1.54) is 6.07 Å². The van der Waals surface area contributed by atoms with Crippen molar-refractivity contribution in [1.82, 2.24) is 20.1 Å². The van der Waals surface area contributed by atoms with Gasteiger partial charge >= 0.3 is 0 Å². The van der Waals surface area contributed by atoms with Crippen LogP contribution in [-0.4, -0.2) is 26.4 Å². The molecule has 2 aromatic rings. The van der Waals surface area contributed by atoms with Crippen molar-refractivity contribution >= 4 is 0 Å². The lowest BCUT2D eigenvalue weighted by Crippen LogP contribution is -2.22. The summed E-state index contributed by atoms with van der Waals surface area (Å²) in [7, 11) is 1.81. The number of hydrogen-bond donors (Lipinski definition) is 2. The first-order chi connectivity index (χ1) is 9.08. The molecule has 0 aliphatic rings. The highest BCUT2D eigenvalue weighted by molar-refractivity contribution is 5.20. The molecule has 7 heteroatoms. The van der Waals surface area contributed by atoms with Crippen molar-refractivity contribution in [3.63, 3.8) is 0 Å². The summed E-state index contributed by atoms with van der Waals surface area (Å²) in [5.41, 5.74) is 0.323. The summed E-state index contributed by atoms with van der Waals surface area (Å²) in [4.78, 5) is 0. The van der Waals surface area contributed by atoms with Crippen LogP contribution in [0.2, 0.25) is 0 Å². The zero-order valence-electron chi connectivity index (χ0n) is 10.3. The maximum atomic E-state index is 13.0. The minimum Gasteiger partial charge on any atom is -0.387 e. The molecule has 2 rings (SSSR count). The average Bonchev–Trinajstić information content (AvgIpc) is 2.78. The summed E-state index contributed by atoms with van der Waals surface area (Å²) in [5.74, 6) is -1.18. The average molecular weight is 268 g/mol. The number of halogens is 2. The predicted molar refractivity (Wildman–Crippen MR) is 64.0 cm³/mol. The Morgan fingerprint density at radius 2 is 2.16 bits per heavy atom. The van der Waals surface area contributed by atoms with E-state index in [1.54, 1.807) is 10.9 Å². The third-order valence-electron chi connectivity index (χ3n) is 2.75. The molecular formula is C12H14F2N4O. The molecule has 0 aliphatic heterocycles. The van der Waals surface area contributed by atoms with Crippen LogP contribution in [0.15, 0.2) is 24.5 Å². The minimum absolute atomic E-state index is 0.206. The number of aryl methyl sites for hydroxylation is 1. The molecule has 1 unspecified atom stereocenters. The Labute approximate surface area is 108 Å². The third kappa shape index (κ3) is 3.33. The van der Waals surface area contributed by atoms with Crippen LogP contribution in [0, 0.1) is 11.6 Å². The van der Waals surface area contributed by atoms with Gasteiger partial charge in [-0.2, -0.15) is 0 Å². The summed E-state index contributed by atoms with van der Waals surface area (Å²) < 4.78 is 27.5. The molecule has 1 atom stereocenters. The number of rotatable bonds is 5. The van der Waals surface area contributed by atoms with Crippen LogP contribution in [0.4, 0.5) is 8.78 Å². The van der Waals surface area contributed by atoms with E-state index in [9.17, 15) is 13.9 Å². The first-order valence-electron chi connectivity index (χ1n) is 5.74. The summed E-state index contributed by atoms with van der Waals surface area (Å²) in [6.45, 7) is 0.634. The van der Waals surface area contributed by atoms with E-state index in [-0.39, 0.29) is 6.54 Å². The summed E-state index contributed by atoms with van der Waals surface area (Å²) >= 11 is 0. The van der Waals surface area contributed by atoms with Gasteiger partial charge in [0.05, 0.1) is 12.6 Å². The molecular weight excluding hydrogens is 254 g/mol. The van der Waals surface area contributed by atoms with E-state index >= 15 is 0 Å². The second-order valence-corrected chi connectivity index (χ2v) is 4.18.